The molecule has 0 aliphatic rings. The molecular formula is C24H22N4O3S. The summed E-state index contributed by atoms with van der Waals surface area (Å²) in [5.74, 6) is 1.78. The monoisotopic (exact) mass is 446 g/mol. The van der Waals surface area contributed by atoms with Crippen LogP contribution in [0.4, 0.5) is 0 Å². The summed E-state index contributed by atoms with van der Waals surface area (Å²) in [5.41, 5.74) is 3.21. The van der Waals surface area contributed by atoms with Gasteiger partial charge in [0, 0.05) is 11.9 Å². The maximum Gasteiger partial charge on any atom is 0.196 e. The van der Waals surface area contributed by atoms with E-state index in [1.165, 1.54) is 11.8 Å². The largest absolute Gasteiger partial charge is 0.497 e. The van der Waals surface area contributed by atoms with Crippen molar-refractivity contribution < 1.29 is 14.3 Å². The summed E-state index contributed by atoms with van der Waals surface area (Å²) in [6.07, 6.45) is 1.72. The number of nitrogens with zero attached hydrogens (tertiary/aromatic N) is 4. The van der Waals surface area contributed by atoms with Gasteiger partial charge in [0.05, 0.1) is 25.5 Å². The van der Waals surface area contributed by atoms with Crippen molar-refractivity contribution in [2.24, 2.45) is 0 Å². The van der Waals surface area contributed by atoms with Gasteiger partial charge < -0.3 is 9.47 Å². The van der Waals surface area contributed by atoms with Crippen molar-refractivity contribution in [2.75, 3.05) is 20.0 Å². The number of carbonyl (C=O) groups excluding carboxylic acids is 1. The number of aryl methyl sites for hydroxylation is 1. The third-order valence-corrected chi connectivity index (χ3v) is 5.79. The Labute approximate surface area is 190 Å². The van der Waals surface area contributed by atoms with Gasteiger partial charge in [0.15, 0.2) is 16.8 Å². The number of Topliss-reactive ketones (excluding diaryl/α,β-unsaturated/α-hetero) is 1. The van der Waals surface area contributed by atoms with Gasteiger partial charge in [0.25, 0.3) is 0 Å². The van der Waals surface area contributed by atoms with E-state index in [-0.39, 0.29) is 11.5 Å². The lowest BCUT2D eigenvalue weighted by molar-refractivity contribution is 0.101. The van der Waals surface area contributed by atoms with Crippen LogP contribution in [-0.2, 0) is 0 Å². The number of carbonyl (C=O) groups is 1. The number of benzene rings is 2. The Morgan fingerprint density at radius 1 is 1.00 bits per heavy atom. The summed E-state index contributed by atoms with van der Waals surface area (Å²) in [6, 6.07) is 18.9. The molecule has 0 amide bonds. The Morgan fingerprint density at radius 3 is 2.50 bits per heavy atom. The van der Waals surface area contributed by atoms with Crippen LogP contribution in [-0.4, -0.2) is 45.5 Å². The van der Waals surface area contributed by atoms with E-state index < -0.39 is 0 Å². The zero-order chi connectivity index (χ0) is 22.5. The number of ether oxygens (including phenoxy) is 2. The molecule has 8 heteroatoms. The highest BCUT2D eigenvalue weighted by Crippen LogP contribution is 2.30. The summed E-state index contributed by atoms with van der Waals surface area (Å²) < 4.78 is 12.5. The lowest BCUT2D eigenvalue weighted by Crippen LogP contribution is -2.07. The van der Waals surface area contributed by atoms with Gasteiger partial charge >= 0.3 is 0 Å². The topological polar surface area (TPSA) is 79.1 Å². The van der Waals surface area contributed by atoms with Crippen LogP contribution in [0.2, 0.25) is 0 Å². The van der Waals surface area contributed by atoms with E-state index in [9.17, 15) is 4.79 Å². The van der Waals surface area contributed by atoms with E-state index in [1.54, 1.807) is 38.6 Å². The van der Waals surface area contributed by atoms with Crippen molar-refractivity contribution in [3.8, 4) is 28.7 Å². The summed E-state index contributed by atoms with van der Waals surface area (Å²) >= 11 is 1.31. The van der Waals surface area contributed by atoms with Crippen molar-refractivity contribution in [2.45, 2.75) is 12.1 Å². The van der Waals surface area contributed by atoms with Crippen LogP contribution in [0.3, 0.4) is 0 Å². The van der Waals surface area contributed by atoms with Crippen LogP contribution in [0.15, 0.2) is 72.0 Å². The molecule has 2 heterocycles. The van der Waals surface area contributed by atoms with E-state index in [4.69, 9.17) is 9.47 Å². The number of methoxy groups -OCH3 is 2. The van der Waals surface area contributed by atoms with Crippen molar-refractivity contribution in [3.63, 3.8) is 0 Å². The van der Waals surface area contributed by atoms with Crippen LogP contribution in [0.5, 0.6) is 11.5 Å². The van der Waals surface area contributed by atoms with Crippen LogP contribution < -0.4 is 9.47 Å². The Hall–Kier alpha value is -3.65. The average Bonchev–Trinajstić information content (AvgIpc) is 3.27. The number of pyridine rings is 1. The summed E-state index contributed by atoms with van der Waals surface area (Å²) in [5, 5.41) is 9.33. The van der Waals surface area contributed by atoms with Gasteiger partial charge in [-0.1, -0.05) is 35.5 Å². The molecule has 162 valence electrons. The van der Waals surface area contributed by atoms with Gasteiger partial charge in [0.2, 0.25) is 0 Å². The fourth-order valence-electron chi connectivity index (χ4n) is 3.19. The van der Waals surface area contributed by atoms with Crippen molar-refractivity contribution in [3.05, 3.63) is 78.0 Å². The fourth-order valence-corrected chi connectivity index (χ4v) is 4.03. The second kappa shape index (κ2) is 9.65. The Kier molecular flexibility index (Phi) is 6.51. The first-order valence-electron chi connectivity index (χ1n) is 9.92. The van der Waals surface area contributed by atoms with E-state index in [0.29, 0.717) is 33.7 Å². The first kappa shape index (κ1) is 21.6. The minimum absolute atomic E-state index is 0.0939. The lowest BCUT2D eigenvalue weighted by atomic mass is 10.1. The molecular weight excluding hydrogens is 424 g/mol. The van der Waals surface area contributed by atoms with E-state index in [1.807, 2.05) is 54.0 Å². The number of thioether (sulfide) groups is 1. The minimum atomic E-state index is -0.0939. The zero-order valence-corrected chi connectivity index (χ0v) is 18.8. The molecule has 0 bridgehead atoms. The first-order valence-corrected chi connectivity index (χ1v) is 10.9. The smallest absolute Gasteiger partial charge is 0.196 e. The van der Waals surface area contributed by atoms with Crippen molar-refractivity contribution >= 4 is 17.5 Å². The third-order valence-electron chi connectivity index (χ3n) is 4.86. The van der Waals surface area contributed by atoms with Crippen molar-refractivity contribution in [1.82, 2.24) is 19.7 Å². The van der Waals surface area contributed by atoms with Gasteiger partial charge in [-0.2, -0.15) is 0 Å². The minimum Gasteiger partial charge on any atom is -0.497 e. The van der Waals surface area contributed by atoms with Gasteiger partial charge in [-0.05, 0) is 49.4 Å². The van der Waals surface area contributed by atoms with Gasteiger partial charge in [0.1, 0.15) is 17.2 Å². The predicted molar refractivity (Wildman–Crippen MR) is 124 cm³/mol. The number of rotatable bonds is 8. The Morgan fingerprint density at radius 2 is 1.81 bits per heavy atom. The molecule has 0 unspecified atom stereocenters. The molecule has 0 N–H and O–H groups in total. The SMILES string of the molecule is COc1ccc(OC)c(C(=O)CSc2nnc(-c3ccccn3)n2-c2ccc(C)cc2)c1. The first-order chi connectivity index (χ1) is 15.6. The van der Waals surface area contributed by atoms with Crippen molar-refractivity contribution in [1.29, 1.82) is 0 Å². The maximum absolute atomic E-state index is 13.0. The standard InChI is InChI=1S/C24H22N4O3S/c1-16-7-9-17(10-8-16)28-23(20-6-4-5-13-25-20)26-27-24(28)32-15-21(29)19-14-18(30-2)11-12-22(19)31-3/h4-14H,15H2,1-3H3. The molecule has 4 aromatic rings. The molecule has 4 rings (SSSR count). The van der Waals surface area contributed by atoms with E-state index >= 15 is 0 Å². The highest BCUT2D eigenvalue weighted by atomic mass is 32.2. The van der Waals surface area contributed by atoms with Gasteiger partial charge in [-0.25, -0.2) is 0 Å². The number of ketones is 1. The quantitative estimate of drug-likeness (QED) is 0.288. The highest BCUT2D eigenvalue weighted by molar-refractivity contribution is 7.99. The molecule has 0 fully saturated rings. The molecule has 2 aromatic carbocycles. The predicted octanol–water partition coefficient (Wildman–Crippen LogP) is 4.63. The van der Waals surface area contributed by atoms with Crippen LogP contribution in [0.25, 0.3) is 17.2 Å². The molecule has 0 aliphatic heterocycles. The second-order valence-corrected chi connectivity index (χ2v) is 7.91. The molecule has 7 nitrogen and oxygen atoms in total. The van der Waals surface area contributed by atoms with Crippen LogP contribution in [0.1, 0.15) is 15.9 Å². The summed E-state index contributed by atoms with van der Waals surface area (Å²) in [4.78, 5) is 17.4. The third kappa shape index (κ3) is 4.50. The summed E-state index contributed by atoms with van der Waals surface area (Å²) in [6.45, 7) is 2.03. The Balaban J connectivity index is 1.67. The molecule has 0 spiro atoms. The molecule has 0 saturated heterocycles. The number of hydrogen-bond acceptors (Lipinski definition) is 7. The summed E-state index contributed by atoms with van der Waals surface area (Å²) in [7, 11) is 3.10. The van der Waals surface area contributed by atoms with Gasteiger partial charge in [-0.3, -0.25) is 14.3 Å². The lowest BCUT2D eigenvalue weighted by Gasteiger charge is -2.11. The van der Waals surface area contributed by atoms with E-state index in [2.05, 4.69) is 15.2 Å². The number of aromatic nitrogens is 4. The Bertz CT molecular complexity index is 1220. The second-order valence-electron chi connectivity index (χ2n) is 6.97. The maximum atomic E-state index is 13.0. The molecule has 0 saturated carbocycles. The average molecular weight is 447 g/mol. The highest BCUT2D eigenvalue weighted by Gasteiger charge is 2.20. The number of hydrogen-bond donors (Lipinski definition) is 0. The van der Waals surface area contributed by atoms with Gasteiger partial charge in [-0.15, -0.1) is 10.2 Å². The molecule has 0 aliphatic carbocycles. The molecule has 32 heavy (non-hydrogen) atoms. The zero-order valence-electron chi connectivity index (χ0n) is 18.0. The molecule has 2 aromatic heterocycles. The molecule has 0 radical (unpaired) electrons. The fraction of sp³-hybridized carbons (Fsp3) is 0.167. The molecule has 0 atom stereocenters. The normalized spacial score (nSPS) is 10.7. The van der Waals surface area contributed by atoms with Crippen LogP contribution in [0, 0.1) is 6.92 Å². The van der Waals surface area contributed by atoms with Crippen LogP contribution >= 0.6 is 11.8 Å². The van der Waals surface area contributed by atoms with E-state index in [0.717, 1.165) is 11.3 Å².